The van der Waals surface area contributed by atoms with Crippen LogP contribution >= 0.6 is 12.6 Å². The summed E-state index contributed by atoms with van der Waals surface area (Å²) in [4.78, 5) is 12.4. The largest absolute Gasteiger partial charge is 0.389 e. The van der Waals surface area contributed by atoms with E-state index in [1.54, 1.807) is 18.3 Å². The number of halogens is 3. The van der Waals surface area contributed by atoms with Crippen molar-refractivity contribution in [2.75, 3.05) is 0 Å². The highest BCUT2D eigenvalue weighted by molar-refractivity contribution is 7.81. The number of pyridine rings is 1. The minimum absolute atomic E-state index is 0.0464. The van der Waals surface area contributed by atoms with E-state index in [2.05, 4.69) is 32.0 Å². The Morgan fingerprint density at radius 2 is 1.41 bits per heavy atom. The van der Waals surface area contributed by atoms with Crippen LogP contribution in [0, 0.1) is 13.8 Å². The lowest BCUT2D eigenvalue weighted by atomic mass is 9.82. The lowest BCUT2D eigenvalue weighted by Crippen LogP contribution is -2.40. The summed E-state index contributed by atoms with van der Waals surface area (Å²) < 4.78 is 38.3. The van der Waals surface area contributed by atoms with Crippen LogP contribution in [-0.4, -0.2) is 21.5 Å². The van der Waals surface area contributed by atoms with Gasteiger partial charge in [-0.25, -0.2) is 0 Å². The molecule has 3 nitrogen and oxygen atoms in total. The van der Waals surface area contributed by atoms with Gasteiger partial charge in [0.2, 0.25) is 0 Å². The van der Waals surface area contributed by atoms with Crippen LogP contribution in [-0.2, 0) is 11.3 Å². The molecule has 0 radical (unpaired) electrons. The Kier molecular flexibility index (Phi) is 10.8. The van der Waals surface area contributed by atoms with E-state index in [4.69, 9.17) is 12.6 Å². The molecule has 0 fully saturated rings. The van der Waals surface area contributed by atoms with E-state index < -0.39 is 22.9 Å². The van der Waals surface area contributed by atoms with Gasteiger partial charge in [-0.15, -0.1) is 0 Å². The molecule has 1 N–H and O–H groups in total. The lowest BCUT2D eigenvalue weighted by molar-refractivity contribution is -0.135. The summed E-state index contributed by atoms with van der Waals surface area (Å²) in [5.41, 5.74) is 3.01. The summed E-state index contributed by atoms with van der Waals surface area (Å²) >= 11 is 5.05. The smallest absolute Gasteiger partial charge is 0.388 e. The number of aromatic nitrogens is 1. The number of alkyl halides is 3. The number of aliphatic hydroxyl groups is 1. The number of para-hydroxylation sites is 1. The van der Waals surface area contributed by atoms with Crippen LogP contribution in [0.25, 0.3) is 10.9 Å². The van der Waals surface area contributed by atoms with Crippen LogP contribution in [0.4, 0.5) is 13.2 Å². The summed E-state index contributed by atoms with van der Waals surface area (Å²) in [6.07, 6.45) is 3.06. The van der Waals surface area contributed by atoms with Crippen molar-refractivity contribution in [3.8, 4) is 0 Å². The zero-order chi connectivity index (χ0) is 28.7. The lowest BCUT2D eigenvalue weighted by Gasteiger charge is -2.37. The van der Waals surface area contributed by atoms with Gasteiger partial charge in [0.15, 0.2) is 5.43 Å². The maximum absolute atomic E-state index is 12.4. The van der Waals surface area contributed by atoms with Crippen LogP contribution in [0.5, 0.6) is 0 Å². The van der Waals surface area contributed by atoms with Crippen LogP contribution < -0.4 is 5.43 Å². The number of hydrogen-bond donors (Lipinski definition) is 2. The minimum Gasteiger partial charge on any atom is -0.388 e. The van der Waals surface area contributed by atoms with Crippen LogP contribution in [0.15, 0.2) is 59.5 Å². The quantitative estimate of drug-likeness (QED) is 0.153. The Morgan fingerprint density at radius 1 is 0.846 bits per heavy atom. The van der Waals surface area contributed by atoms with E-state index in [-0.39, 0.29) is 11.8 Å². The number of hydrogen-bond acceptors (Lipinski definition) is 3. The zero-order valence-corrected chi connectivity index (χ0v) is 24.3. The van der Waals surface area contributed by atoms with Crippen molar-refractivity contribution in [1.29, 1.82) is 0 Å². The van der Waals surface area contributed by atoms with Crippen molar-refractivity contribution >= 4 is 23.5 Å². The molecule has 0 amide bonds. The van der Waals surface area contributed by atoms with Crippen molar-refractivity contribution in [1.82, 2.24) is 4.57 Å². The topological polar surface area (TPSA) is 42.2 Å². The Balaban J connectivity index is 1.72. The van der Waals surface area contributed by atoms with Crippen molar-refractivity contribution in [3.05, 3.63) is 81.6 Å². The summed E-state index contributed by atoms with van der Waals surface area (Å²) in [7, 11) is 0. The highest BCUT2D eigenvalue weighted by Crippen LogP contribution is 2.40. The molecule has 214 valence electrons. The molecule has 0 spiro atoms. The summed E-state index contributed by atoms with van der Waals surface area (Å²) in [5.74, 6) is 0. The fourth-order valence-electron chi connectivity index (χ4n) is 5.63. The highest BCUT2D eigenvalue weighted by Gasteiger charge is 2.37. The molecule has 0 aliphatic rings. The van der Waals surface area contributed by atoms with E-state index in [0.29, 0.717) is 31.2 Å². The molecule has 2 atom stereocenters. The standard InChI is InChI=1S/C32H42F3NO2S/c1-24-19-25(2)21-26(20-24)30(3,39)22-31(38,16-11-7-5-4-6-8-12-17-32(33,34)35)23-36-18-15-29(37)27-13-9-10-14-28(27)36/h9-10,13-15,18-21,38-39H,4-8,11-12,16-17,22-23H2,1-3H3. The minimum atomic E-state index is -4.07. The van der Waals surface area contributed by atoms with Gasteiger partial charge in [0.1, 0.15) is 0 Å². The molecule has 1 heterocycles. The number of rotatable bonds is 14. The Hall–Kier alpha value is -2.25. The summed E-state index contributed by atoms with van der Waals surface area (Å²) in [6.45, 7) is 6.48. The van der Waals surface area contributed by atoms with Gasteiger partial charge >= 0.3 is 6.18 Å². The van der Waals surface area contributed by atoms with Gasteiger partial charge in [-0.05, 0) is 57.7 Å². The van der Waals surface area contributed by atoms with E-state index >= 15 is 0 Å². The average molecular weight is 562 g/mol. The number of nitrogens with zero attached hydrogens (tertiary/aromatic N) is 1. The third kappa shape index (κ3) is 9.71. The van der Waals surface area contributed by atoms with E-state index in [0.717, 1.165) is 54.3 Å². The first-order valence-corrected chi connectivity index (χ1v) is 14.4. The van der Waals surface area contributed by atoms with Gasteiger partial charge in [-0.3, -0.25) is 4.79 Å². The Labute approximate surface area is 235 Å². The number of aryl methyl sites for hydroxylation is 2. The van der Waals surface area contributed by atoms with Crippen molar-refractivity contribution in [3.63, 3.8) is 0 Å². The highest BCUT2D eigenvalue weighted by atomic mass is 32.1. The van der Waals surface area contributed by atoms with Crippen LogP contribution in [0.3, 0.4) is 0 Å². The van der Waals surface area contributed by atoms with Crippen molar-refractivity contribution in [2.45, 2.75) is 108 Å². The third-order valence-electron chi connectivity index (χ3n) is 7.47. The van der Waals surface area contributed by atoms with Crippen LogP contribution in [0.1, 0.15) is 87.8 Å². The summed E-state index contributed by atoms with van der Waals surface area (Å²) in [5, 5.41) is 12.7. The van der Waals surface area contributed by atoms with Crippen LogP contribution in [0.2, 0.25) is 0 Å². The van der Waals surface area contributed by atoms with E-state index in [1.165, 1.54) is 0 Å². The molecule has 7 heteroatoms. The second-order valence-electron chi connectivity index (χ2n) is 11.5. The van der Waals surface area contributed by atoms with Gasteiger partial charge in [0, 0.05) is 28.8 Å². The molecule has 0 saturated heterocycles. The zero-order valence-electron chi connectivity index (χ0n) is 23.4. The van der Waals surface area contributed by atoms with Gasteiger partial charge in [0.25, 0.3) is 0 Å². The Morgan fingerprint density at radius 3 is 2.03 bits per heavy atom. The number of benzene rings is 2. The maximum Gasteiger partial charge on any atom is 0.389 e. The molecular formula is C32H42F3NO2S. The van der Waals surface area contributed by atoms with Gasteiger partial charge < -0.3 is 9.67 Å². The number of unbranched alkanes of at least 4 members (excludes halogenated alkanes) is 6. The maximum atomic E-state index is 12.4. The molecule has 3 rings (SSSR count). The normalized spacial score (nSPS) is 15.3. The molecule has 2 unspecified atom stereocenters. The van der Waals surface area contributed by atoms with E-state index in [1.807, 2.05) is 29.7 Å². The molecule has 0 aliphatic heterocycles. The molecule has 1 aromatic heterocycles. The van der Waals surface area contributed by atoms with Gasteiger partial charge in [0.05, 0.1) is 17.7 Å². The number of fused-ring (bicyclic) bond motifs is 1. The van der Waals surface area contributed by atoms with E-state index in [9.17, 15) is 23.1 Å². The second-order valence-corrected chi connectivity index (χ2v) is 12.5. The first-order chi connectivity index (χ1) is 18.3. The molecule has 2 aromatic carbocycles. The fraction of sp³-hybridized carbons (Fsp3) is 0.531. The first kappa shape index (κ1) is 31.3. The molecular weight excluding hydrogens is 519 g/mol. The average Bonchev–Trinajstić information content (AvgIpc) is 2.83. The Bertz CT molecular complexity index is 1260. The second kappa shape index (κ2) is 13.4. The molecule has 3 aromatic rings. The predicted octanol–water partition coefficient (Wildman–Crippen LogP) is 8.66. The number of thiol groups is 1. The molecule has 0 aliphatic carbocycles. The van der Waals surface area contributed by atoms with Crippen molar-refractivity contribution < 1.29 is 18.3 Å². The van der Waals surface area contributed by atoms with Gasteiger partial charge in [-0.2, -0.15) is 25.8 Å². The fourth-order valence-corrected chi connectivity index (χ4v) is 6.05. The monoisotopic (exact) mass is 561 g/mol. The molecule has 0 bridgehead atoms. The molecule has 0 saturated carbocycles. The molecule has 39 heavy (non-hydrogen) atoms. The van der Waals surface area contributed by atoms with Gasteiger partial charge in [-0.1, -0.05) is 80.0 Å². The first-order valence-electron chi connectivity index (χ1n) is 14.0. The SMILES string of the molecule is Cc1cc(C)cc(C(C)(S)CC(O)(CCCCCCCCCC(F)(F)F)Cn2ccc(=O)c3ccccc32)c1. The summed E-state index contributed by atoms with van der Waals surface area (Å²) in [6, 6.07) is 15.3. The van der Waals surface area contributed by atoms with Crippen molar-refractivity contribution in [2.24, 2.45) is 0 Å². The third-order valence-corrected chi connectivity index (χ3v) is 7.89. The predicted molar refractivity (Wildman–Crippen MR) is 158 cm³/mol.